The van der Waals surface area contributed by atoms with Gasteiger partial charge in [0, 0.05) is 18.9 Å². The molecule has 19 heavy (non-hydrogen) atoms. The van der Waals surface area contributed by atoms with Gasteiger partial charge < -0.3 is 10.6 Å². The van der Waals surface area contributed by atoms with Gasteiger partial charge in [-0.25, -0.2) is 0 Å². The smallest absolute Gasteiger partial charge is 0.257 e. The molecule has 98 valence electrons. The lowest BCUT2D eigenvalue weighted by Gasteiger charge is -2.09. The van der Waals surface area contributed by atoms with E-state index in [1.54, 1.807) is 43.7 Å². The first-order valence-corrected chi connectivity index (χ1v) is 6.25. The zero-order valence-corrected chi connectivity index (χ0v) is 11.6. The van der Waals surface area contributed by atoms with Crippen molar-refractivity contribution < 1.29 is 4.79 Å². The van der Waals surface area contributed by atoms with Crippen molar-refractivity contribution in [1.82, 2.24) is 4.98 Å². The van der Waals surface area contributed by atoms with E-state index < -0.39 is 0 Å². The summed E-state index contributed by atoms with van der Waals surface area (Å²) in [4.78, 5) is 16.1. The zero-order valence-electron chi connectivity index (χ0n) is 10.1. The van der Waals surface area contributed by atoms with Crippen LogP contribution in [0.25, 0.3) is 0 Å². The highest BCUT2D eigenvalue weighted by Gasteiger charge is 2.11. The van der Waals surface area contributed by atoms with Gasteiger partial charge in [-0.1, -0.05) is 23.2 Å². The van der Waals surface area contributed by atoms with Crippen molar-refractivity contribution in [2.45, 2.75) is 0 Å². The number of carbonyl (C=O) groups excluding carboxylic acids is 1. The summed E-state index contributed by atoms with van der Waals surface area (Å²) in [6.45, 7) is 0. The van der Waals surface area contributed by atoms with Crippen LogP contribution < -0.4 is 10.6 Å². The molecular weight excluding hydrogens is 285 g/mol. The number of pyridine rings is 1. The Hall–Kier alpha value is -1.78. The number of nitrogens with one attached hydrogen (secondary N) is 2. The predicted octanol–water partition coefficient (Wildman–Crippen LogP) is 3.68. The van der Waals surface area contributed by atoms with Crippen molar-refractivity contribution in [3.05, 3.63) is 52.3 Å². The SMILES string of the molecule is CNc1cnccc1C(=O)Nc1ccc(Cl)c(Cl)c1. The molecule has 0 bridgehead atoms. The van der Waals surface area contributed by atoms with E-state index in [-0.39, 0.29) is 5.91 Å². The molecule has 1 aromatic carbocycles. The Morgan fingerprint density at radius 3 is 2.68 bits per heavy atom. The molecule has 0 saturated carbocycles. The number of halogens is 2. The van der Waals surface area contributed by atoms with Crippen LogP contribution in [0.4, 0.5) is 11.4 Å². The molecule has 2 rings (SSSR count). The zero-order chi connectivity index (χ0) is 13.8. The summed E-state index contributed by atoms with van der Waals surface area (Å²) in [5, 5.41) is 6.50. The summed E-state index contributed by atoms with van der Waals surface area (Å²) in [6, 6.07) is 6.55. The van der Waals surface area contributed by atoms with Crippen LogP contribution in [0.15, 0.2) is 36.7 Å². The highest BCUT2D eigenvalue weighted by atomic mass is 35.5. The molecule has 4 nitrogen and oxygen atoms in total. The summed E-state index contributed by atoms with van der Waals surface area (Å²) in [5.74, 6) is -0.245. The number of benzene rings is 1. The second-order valence-corrected chi connectivity index (χ2v) is 4.57. The summed E-state index contributed by atoms with van der Waals surface area (Å²) in [6.07, 6.45) is 3.15. The van der Waals surface area contributed by atoms with Crippen molar-refractivity contribution in [2.75, 3.05) is 17.7 Å². The standard InChI is InChI=1S/C13H11Cl2N3O/c1-16-12-7-17-5-4-9(12)13(19)18-8-2-3-10(14)11(15)6-8/h2-7,16H,1H3,(H,18,19). The summed E-state index contributed by atoms with van der Waals surface area (Å²) < 4.78 is 0. The first kappa shape index (κ1) is 13.6. The first-order valence-electron chi connectivity index (χ1n) is 5.50. The summed E-state index contributed by atoms with van der Waals surface area (Å²) in [7, 11) is 1.73. The average Bonchev–Trinajstić information content (AvgIpc) is 2.43. The Bertz CT molecular complexity index is 617. The number of anilines is 2. The maximum absolute atomic E-state index is 12.1. The second-order valence-electron chi connectivity index (χ2n) is 3.75. The Balaban J connectivity index is 2.23. The van der Waals surface area contributed by atoms with Gasteiger partial charge >= 0.3 is 0 Å². The molecule has 1 aromatic heterocycles. The molecule has 2 aromatic rings. The molecule has 0 spiro atoms. The topological polar surface area (TPSA) is 54.0 Å². The average molecular weight is 296 g/mol. The van der Waals surface area contributed by atoms with Gasteiger partial charge in [0.1, 0.15) is 0 Å². The Labute approximate surface area is 120 Å². The van der Waals surface area contributed by atoms with Crippen molar-refractivity contribution in [3.63, 3.8) is 0 Å². The molecule has 0 unspecified atom stereocenters. The number of aromatic nitrogens is 1. The molecular formula is C13H11Cl2N3O. The lowest BCUT2D eigenvalue weighted by atomic mass is 10.2. The fourth-order valence-corrected chi connectivity index (χ4v) is 1.86. The molecule has 6 heteroatoms. The van der Waals surface area contributed by atoms with Gasteiger partial charge in [0.2, 0.25) is 0 Å². The molecule has 0 radical (unpaired) electrons. The van der Waals surface area contributed by atoms with E-state index in [0.717, 1.165) is 0 Å². The molecule has 0 saturated heterocycles. The number of hydrogen-bond acceptors (Lipinski definition) is 3. The Morgan fingerprint density at radius 1 is 1.21 bits per heavy atom. The van der Waals surface area contributed by atoms with Crippen LogP contribution in [-0.4, -0.2) is 17.9 Å². The van der Waals surface area contributed by atoms with Crippen LogP contribution in [0.1, 0.15) is 10.4 Å². The lowest BCUT2D eigenvalue weighted by molar-refractivity contribution is 0.102. The molecule has 2 N–H and O–H groups in total. The second kappa shape index (κ2) is 5.91. The number of rotatable bonds is 3. The minimum atomic E-state index is -0.245. The van der Waals surface area contributed by atoms with Crippen LogP contribution in [0.5, 0.6) is 0 Å². The molecule has 0 aliphatic heterocycles. The Kier molecular flexibility index (Phi) is 4.24. The first-order chi connectivity index (χ1) is 9.11. The van der Waals surface area contributed by atoms with Crippen molar-refractivity contribution >= 4 is 40.5 Å². The van der Waals surface area contributed by atoms with Gasteiger partial charge in [-0.2, -0.15) is 0 Å². The number of hydrogen-bond donors (Lipinski definition) is 2. The minimum Gasteiger partial charge on any atom is -0.386 e. The summed E-state index contributed by atoms with van der Waals surface area (Å²) in [5.41, 5.74) is 1.74. The monoisotopic (exact) mass is 295 g/mol. The fourth-order valence-electron chi connectivity index (χ4n) is 1.56. The fraction of sp³-hybridized carbons (Fsp3) is 0.0769. The minimum absolute atomic E-state index is 0.245. The molecule has 0 atom stereocenters. The third-order valence-corrected chi connectivity index (χ3v) is 3.25. The van der Waals surface area contributed by atoms with Crippen LogP contribution in [0.3, 0.4) is 0 Å². The van der Waals surface area contributed by atoms with Crippen molar-refractivity contribution in [3.8, 4) is 0 Å². The molecule has 1 heterocycles. The number of nitrogens with zero attached hydrogens (tertiary/aromatic N) is 1. The molecule has 0 aliphatic rings. The van der Waals surface area contributed by atoms with Gasteiger partial charge in [0.15, 0.2) is 0 Å². The van der Waals surface area contributed by atoms with Crippen molar-refractivity contribution in [2.24, 2.45) is 0 Å². The van der Waals surface area contributed by atoms with Gasteiger partial charge in [-0.05, 0) is 24.3 Å². The van der Waals surface area contributed by atoms with E-state index >= 15 is 0 Å². The van der Waals surface area contributed by atoms with E-state index in [2.05, 4.69) is 15.6 Å². The third-order valence-electron chi connectivity index (χ3n) is 2.51. The van der Waals surface area contributed by atoms with E-state index in [4.69, 9.17) is 23.2 Å². The van der Waals surface area contributed by atoms with Crippen LogP contribution in [0.2, 0.25) is 10.0 Å². The van der Waals surface area contributed by atoms with E-state index in [1.165, 1.54) is 0 Å². The predicted molar refractivity (Wildman–Crippen MR) is 78.2 cm³/mol. The molecule has 1 amide bonds. The highest BCUT2D eigenvalue weighted by Crippen LogP contribution is 2.25. The molecule has 0 fully saturated rings. The van der Waals surface area contributed by atoms with Gasteiger partial charge in [0.05, 0.1) is 27.5 Å². The van der Waals surface area contributed by atoms with Crippen LogP contribution in [-0.2, 0) is 0 Å². The number of carbonyl (C=O) groups is 1. The normalized spacial score (nSPS) is 10.1. The van der Waals surface area contributed by atoms with Gasteiger partial charge in [-0.3, -0.25) is 9.78 Å². The Morgan fingerprint density at radius 2 is 2.00 bits per heavy atom. The third kappa shape index (κ3) is 3.16. The molecule has 0 aliphatic carbocycles. The maximum Gasteiger partial charge on any atom is 0.257 e. The largest absolute Gasteiger partial charge is 0.386 e. The van der Waals surface area contributed by atoms with Crippen molar-refractivity contribution in [1.29, 1.82) is 0 Å². The maximum atomic E-state index is 12.1. The quantitative estimate of drug-likeness (QED) is 0.908. The van der Waals surface area contributed by atoms with Gasteiger partial charge in [-0.15, -0.1) is 0 Å². The van der Waals surface area contributed by atoms with Crippen LogP contribution >= 0.6 is 23.2 Å². The van der Waals surface area contributed by atoms with E-state index in [1.807, 2.05) is 0 Å². The lowest BCUT2D eigenvalue weighted by Crippen LogP contribution is -2.14. The number of amides is 1. The summed E-state index contributed by atoms with van der Waals surface area (Å²) >= 11 is 11.7. The van der Waals surface area contributed by atoms with E-state index in [9.17, 15) is 4.79 Å². The van der Waals surface area contributed by atoms with Crippen LogP contribution in [0, 0.1) is 0 Å². The highest BCUT2D eigenvalue weighted by molar-refractivity contribution is 6.42. The van der Waals surface area contributed by atoms with Gasteiger partial charge in [0.25, 0.3) is 5.91 Å². The van der Waals surface area contributed by atoms with E-state index in [0.29, 0.717) is 27.0 Å².